The fraction of sp³-hybridized carbons (Fsp3) is 0.750. The molecule has 1 saturated heterocycles. The van der Waals surface area contributed by atoms with E-state index in [9.17, 15) is 4.79 Å². The average molecular weight is 225 g/mol. The summed E-state index contributed by atoms with van der Waals surface area (Å²) in [5.41, 5.74) is 0. The summed E-state index contributed by atoms with van der Waals surface area (Å²) < 4.78 is 0. The Morgan fingerprint density at radius 2 is 2.12 bits per heavy atom. The fourth-order valence-electron chi connectivity index (χ4n) is 1.99. The summed E-state index contributed by atoms with van der Waals surface area (Å²) in [6.07, 6.45) is 3.78. The van der Waals surface area contributed by atoms with Crippen LogP contribution in [0.15, 0.2) is 12.7 Å². The summed E-state index contributed by atoms with van der Waals surface area (Å²) in [7, 11) is 0. The minimum Gasteiger partial charge on any atom is -0.335 e. The van der Waals surface area contributed by atoms with Crippen LogP contribution in [0.3, 0.4) is 0 Å². The maximum absolute atomic E-state index is 11.6. The SMILES string of the molecule is C=CCNC(=O)N1CCC(NC(C)C)CC1. The number of carbonyl (C=O) groups is 1. The number of carbonyl (C=O) groups excluding carboxylic acids is 1. The first-order valence-electron chi connectivity index (χ1n) is 6.03. The molecule has 1 rings (SSSR count). The number of hydrogen-bond acceptors (Lipinski definition) is 2. The van der Waals surface area contributed by atoms with Crippen LogP contribution in [0.5, 0.6) is 0 Å². The highest BCUT2D eigenvalue weighted by atomic mass is 16.2. The first-order chi connectivity index (χ1) is 7.63. The molecule has 2 N–H and O–H groups in total. The monoisotopic (exact) mass is 225 g/mol. The molecule has 1 fully saturated rings. The molecule has 1 aliphatic rings. The predicted octanol–water partition coefficient (Wildman–Crippen LogP) is 1.34. The number of urea groups is 1. The van der Waals surface area contributed by atoms with Crippen LogP contribution in [-0.4, -0.2) is 42.6 Å². The second-order valence-corrected chi connectivity index (χ2v) is 4.56. The Labute approximate surface area is 98.1 Å². The minimum atomic E-state index is 0.0305. The summed E-state index contributed by atoms with van der Waals surface area (Å²) in [4.78, 5) is 13.5. The van der Waals surface area contributed by atoms with Crippen molar-refractivity contribution < 1.29 is 4.79 Å². The third-order valence-corrected chi connectivity index (χ3v) is 2.75. The maximum Gasteiger partial charge on any atom is 0.317 e. The van der Waals surface area contributed by atoms with E-state index in [1.807, 2.05) is 4.90 Å². The van der Waals surface area contributed by atoms with Crippen LogP contribution in [0.25, 0.3) is 0 Å². The molecule has 92 valence electrons. The highest BCUT2D eigenvalue weighted by Gasteiger charge is 2.22. The quantitative estimate of drug-likeness (QED) is 0.709. The van der Waals surface area contributed by atoms with E-state index in [1.165, 1.54) is 0 Å². The zero-order valence-corrected chi connectivity index (χ0v) is 10.3. The number of piperidine rings is 1. The molecule has 0 aromatic rings. The summed E-state index contributed by atoms with van der Waals surface area (Å²) in [6, 6.07) is 1.11. The lowest BCUT2D eigenvalue weighted by atomic mass is 10.0. The van der Waals surface area contributed by atoms with Gasteiger partial charge in [-0.15, -0.1) is 6.58 Å². The molecule has 1 heterocycles. The van der Waals surface area contributed by atoms with Gasteiger partial charge >= 0.3 is 6.03 Å². The molecule has 2 amide bonds. The Hall–Kier alpha value is -1.03. The molecular formula is C12H23N3O. The van der Waals surface area contributed by atoms with E-state index in [4.69, 9.17) is 0 Å². The zero-order valence-electron chi connectivity index (χ0n) is 10.3. The number of likely N-dealkylation sites (tertiary alicyclic amines) is 1. The highest BCUT2D eigenvalue weighted by molar-refractivity contribution is 5.74. The minimum absolute atomic E-state index is 0.0305. The average Bonchev–Trinajstić information content (AvgIpc) is 2.26. The Balaban J connectivity index is 2.25. The molecule has 1 aliphatic heterocycles. The molecular weight excluding hydrogens is 202 g/mol. The van der Waals surface area contributed by atoms with E-state index in [0.29, 0.717) is 18.6 Å². The first-order valence-corrected chi connectivity index (χ1v) is 6.03. The number of amides is 2. The third kappa shape index (κ3) is 4.23. The molecule has 0 aromatic carbocycles. The fourth-order valence-corrected chi connectivity index (χ4v) is 1.99. The van der Waals surface area contributed by atoms with Gasteiger partial charge in [0.25, 0.3) is 0 Å². The number of rotatable bonds is 4. The van der Waals surface area contributed by atoms with E-state index in [2.05, 4.69) is 31.1 Å². The third-order valence-electron chi connectivity index (χ3n) is 2.75. The van der Waals surface area contributed by atoms with Gasteiger partial charge in [0.1, 0.15) is 0 Å². The van der Waals surface area contributed by atoms with Crippen molar-refractivity contribution in [1.29, 1.82) is 0 Å². The van der Waals surface area contributed by atoms with Crippen molar-refractivity contribution in [2.24, 2.45) is 0 Å². The van der Waals surface area contributed by atoms with Crippen molar-refractivity contribution in [2.45, 2.75) is 38.8 Å². The first kappa shape index (κ1) is 13.0. The summed E-state index contributed by atoms with van der Waals surface area (Å²) in [5, 5.41) is 6.32. The molecule has 0 saturated carbocycles. The van der Waals surface area contributed by atoms with Crippen LogP contribution in [-0.2, 0) is 0 Å². The van der Waals surface area contributed by atoms with Gasteiger partial charge in [-0.3, -0.25) is 0 Å². The summed E-state index contributed by atoms with van der Waals surface area (Å²) in [5.74, 6) is 0. The predicted molar refractivity (Wildman–Crippen MR) is 66.5 cm³/mol. The van der Waals surface area contributed by atoms with Gasteiger partial charge in [-0.1, -0.05) is 19.9 Å². The van der Waals surface area contributed by atoms with Crippen LogP contribution >= 0.6 is 0 Å². The van der Waals surface area contributed by atoms with Crippen LogP contribution < -0.4 is 10.6 Å². The van der Waals surface area contributed by atoms with Gasteiger partial charge in [0, 0.05) is 31.7 Å². The molecule has 16 heavy (non-hydrogen) atoms. The molecule has 0 bridgehead atoms. The molecule has 0 aromatic heterocycles. The molecule has 0 aliphatic carbocycles. The molecule has 0 unspecified atom stereocenters. The zero-order chi connectivity index (χ0) is 12.0. The van der Waals surface area contributed by atoms with Gasteiger partial charge in [-0.2, -0.15) is 0 Å². The van der Waals surface area contributed by atoms with Crippen LogP contribution in [0.2, 0.25) is 0 Å². The summed E-state index contributed by atoms with van der Waals surface area (Å²) >= 11 is 0. The van der Waals surface area contributed by atoms with Crippen LogP contribution in [0.1, 0.15) is 26.7 Å². The smallest absolute Gasteiger partial charge is 0.317 e. The van der Waals surface area contributed by atoms with E-state index < -0.39 is 0 Å². The molecule has 0 spiro atoms. The number of nitrogens with one attached hydrogen (secondary N) is 2. The lowest BCUT2D eigenvalue weighted by Gasteiger charge is -2.33. The van der Waals surface area contributed by atoms with Crippen molar-refractivity contribution in [3.63, 3.8) is 0 Å². The Morgan fingerprint density at radius 3 is 2.62 bits per heavy atom. The van der Waals surface area contributed by atoms with Gasteiger partial charge in [0.05, 0.1) is 0 Å². The van der Waals surface area contributed by atoms with Crippen LogP contribution in [0, 0.1) is 0 Å². The lowest BCUT2D eigenvalue weighted by Crippen LogP contribution is -2.49. The normalized spacial score (nSPS) is 17.6. The number of hydrogen-bond donors (Lipinski definition) is 2. The van der Waals surface area contributed by atoms with Crippen molar-refractivity contribution in [3.8, 4) is 0 Å². The second kappa shape index (κ2) is 6.53. The summed E-state index contributed by atoms with van der Waals surface area (Å²) in [6.45, 7) is 10.1. The Morgan fingerprint density at radius 1 is 1.50 bits per heavy atom. The topological polar surface area (TPSA) is 44.4 Å². The van der Waals surface area contributed by atoms with Crippen molar-refractivity contribution in [2.75, 3.05) is 19.6 Å². The Kier molecular flexibility index (Phi) is 5.32. The standard InChI is InChI=1S/C12H23N3O/c1-4-7-13-12(16)15-8-5-11(6-9-15)14-10(2)3/h4,10-11,14H,1,5-9H2,2-3H3,(H,13,16). The maximum atomic E-state index is 11.6. The highest BCUT2D eigenvalue weighted by Crippen LogP contribution is 2.10. The van der Waals surface area contributed by atoms with Gasteiger partial charge in [0.15, 0.2) is 0 Å². The van der Waals surface area contributed by atoms with Crippen molar-refractivity contribution in [1.82, 2.24) is 15.5 Å². The van der Waals surface area contributed by atoms with Gasteiger partial charge < -0.3 is 15.5 Å². The largest absolute Gasteiger partial charge is 0.335 e. The molecule has 0 atom stereocenters. The van der Waals surface area contributed by atoms with Gasteiger partial charge in [-0.25, -0.2) is 4.79 Å². The van der Waals surface area contributed by atoms with Gasteiger partial charge in [-0.05, 0) is 12.8 Å². The molecule has 0 radical (unpaired) electrons. The van der Waals surface area contributed by atoms with E-state index >= 15 is 0 Å². The Bertz CT molecular complexity index is 232. The molecule has 4 heteroatoms. The van der Waals surface area contributed by atoms with Crippen molar-refractivity contribution in [3.05, 3.63) is 12.7 Å². The van der Waals surface area contributed by atoms with E-state index in [-0.39, 0.29) is 6.03 Å². The lowest BCUT2D eigenvalue weighted by molar-refractivity contribution is 0.176. The van der Waals surface area contributed by atoms with Crippen molar-refractivity contribution >= 4 is 6.03 Å². The second-order valence-electron chi connectivity index (χ2n) is 4.56. The molecule has 4 nitrogen and oxygen atoms in total. The van der Waals surface area contributed by atoms with E-state index in [1.54, 1.807) is 6.08 Å². The van der Waals surface area contributed by atoms with Crippen LogP contribution in [0.4, 0.5) is 4.79 Å². The van der Waals surface area contributed by atoms with Gasteiger partial charge in [0.2, 0.25) is 0 Å². The van der Waals surface area contributed by atoms with E-state index in [0.717, 1.165) is 25.9 Å². The number of nitrogens with zero attached hydrogens (tertiary/aromatic N) is 1.